The van der Waals surface area contributed by atoms with Gasteiger partial charge in [0.05, 0.1) is 20.3 Å². The van der Waals surface area contributed by atoms with Gasteiger partial charge in [-0.15, -0.1) is 0 Å². The van der Waals surface area contributed by atoms with Crippen molar-refractivity contribution in [3.05, 3.63) is 59.9 Å². The monoisotopic (exact) mass is 386 g/mol. The van der Waals surface area contributed by atoms with Crippen LogP contribution in [0.5, 0.6) is 11.5 Å². The normalized spacial score (nSPS) is 10.6. The van der Waals surface area contributed by atoms with Crippen LogP contribution in [0.25, 0.3) is 6.08 Å². The van der Waals surface area contributed by atoms with Crippen LogP contribution in [0, 0.1) is 5.82 Å². The Labute approximate surface area is 163 Å². The number of hydrogen-bond acceptors (Lipinski definition) is 4. The van der Waals surface area contributed by atoms with Crippen molar-refractivity contribution < 1.29 is 23.5 Å². The second-order valence-corrected chi connectivity index (χ2v) is 5.93. The summed E-state index contributed by atoms with van der Waals surface area (Å²) in [5.74, 6) is 0.105. The van der Waals surface area contributed by atoms with Crippen molar-refractivity contribution in [2.75, 3.05) is 32.6 Å². The Kier molecular flexibility index (Phi) is 7.56. The van der Waals surface area contributed by atoms with Crippen molar-refractivity contribution >= 4 is 23.6 Å². The molecule has 2 aromatic rings. The first-order chi connectivity index (χ1) is 13.4. The average Bonchev–Trinajstić information content (AvgIpc) is 2.68. The second-order valence-electron chi connectivity index (χ2n) is 5.93. The molecule has 148 valence electrons. The summed E-state index contributed by atoms with van der Waals surface area (Å²) in [7, 11) is 3.07. The standard InChI is InChI=1S/C21H23FN2O4/c1-4-28-18-11-5-15(13-19(18)27-3)6-12-21(26)24(2)14-20(25)23-17-9-7-16(22)8-10-17/h5-13H,4,14H2,1-3H3,(H,23,25)/b12-6+. The maximum atomic E-state index is 12.9. The molecule has 0 atom stereocenters. The van der Waals surface area contributed by atoms with E-state index in [4.69, 9.17) is 9.47 Å². The third kappa shape index (κ3) is 6.12. The highest BCUT2D eigenvalue weighted by molar-refractivity contribution is 5.97. The van der Waals surface area contributed by atoms with E-state index >= 15 is 0 Å². The number of likely N-dealkylation sites (N-methyl/N-ethyl adjacent to an activating group) is 1. The van der Waals surface area contributed by atoms with Crippen molar-refractivity contribution in [1.82, 2.24) is 4.90 Å². The summed E-state index contributed by atoms with van der Waals surface area (Å²) in [6.07, 6.45) is 3.01. The van der Waals surface area contributed by atoms with E-state index < -0.39 is 0 Å². The first kappa shape index (κ1) is 21.0. The maximum absolute atomic E-state index is 12.9. The summed E-state index contributed by atoms with van der Waals surface area (Å²) < 4.78 is 23.6. The highest BCUT2D eigenvalue weighted by Crippen LogP contribution is 2.28. The van der Waals surface area contributed by atoms with Gasteiger partial charge >= 0.3 is 0 Å². The van der Waals surface area contributed by atoms with Gasteiger partial charge in [-0.2, -0.15) is 0 Å². The summed E-state index contributed by atoms with van der Waals surface area (Å²) >= 11 is 0. The third-order valence-corrected chi connectivity index (χ3v) is 3.79. The molecule has 0 unspecified atom stereocenters. The van der Waals surface area contributed by atoms with Gasteiger partial charge < -0.3 is 19.7 Å². The first-order valence-electron chi connectivity index (χ1n) is 8.72. The van der Waals surface area contributed by atoms with Gasteiger partial charge in [0.2, 0.25) is 11.8 Å². The summed E-state index contributed by atoms with van der Waals surface area (Å²) in [6.45, 7) is 2.27. The molecule has 0 saturated heterocycles. The largest absolute Gasteiger partial charge is 0.493 e. The van der Waals surface area contributed by atoms with E-state index in [0.29, 0.717) is 23.8 Å². The van der Waals surface area contributed by atoms with Crippen LogP contribution < -0.4 is 14.8 Å². The number of anilines is 1. The number of nitrogens with zero attached hydrogens (tertiary/aromatic N) is 1. The van der Waals surface area contributed by atoms with Crippen molar-refractivity contribution in [2.24, 2.45) is 0 Å². The van der Waals surface area contributed by atoms with Crippen LogP contribution in [0.15, 0.2) is 48.5 Å². The number of methoxy groups -OCH3 is 1. The Morgan fingerprint density at radius 2 is 1.86 bits per heavy atom. The number of halogens is 1. The Hall–Kier alpha value is -3.35. The van der Waals surface area contributed by atoms with Gasteiger partial charge in [-0.25, -0.2) is 4.39 Å². The van der Waals surface area contributed by atoms with Crippen LogP contribution in [0.4, 0.5) is 10.1 Å². The quantitative estimate of drug-likeness (QED) is 0.707. The van der Waals surface area contributed by atoms with E-state index in [1.54, 1.807) is 31.4 Å². The van der Waals surface area contributed by atoms with Crippen molar-refractivity contribution in [3.63, 3.8) is 0 Å². The van der Waals surface area contributed by atoms with E-state index in [9.17, 15) is 14.0 Å². The molecule has 1 N–H and O–H groups in total. The molecule has 0 aromatic heterocycles. The summed E-state index contributed by atoms with van der Waals surface area (Å²) in [5.41, 5.74) is 1.22. The summed E-state index contributed by atoms with van der Waals surface area (Å²) in [6, 6.07) is 10.7. The topological polar surface area (TPSA) is 67.9 Å². The van der Waals surface area contributed by atoms with Crippen LogP contribution in [-0.4, -0.2) is 44.0 Å². The molecule has 0 heterocycles. The minimum Gasteiger partial charge on any atom is -0.493 e. The van der Waals surface area contributed by atoms with E-state index in [2.05, 4.69) is 5.32 Å². The molecule has 2 aromatic carbocycles. The lowest BCUT2D eigenvalue weighted by Crippen LogP contribution is -2.33. The number of carbonyl (C=O) groups excluding carboxylic acids is 2. The van der Waals surface area contributed by atoms with Gasteiger partial charge in [0.15, 0.2) is 11.5 Å². The molecule has 28 heavy (non-hydrogen) atoms. The Morgan fingerprint density at radius 3 is 2.50 bits per heavy atom. The zero-order chi connectivity index (χ0) is 20.5. The number of hydrogen-bond donors (Lipinski definition) is 1. The molecule has 0 spiro atoms. The smallest absolute Gasteiger partial charge is 0.246 e. The lowest BCUT2D eigenvalue weighted by molar-refractivity contribution is -0.129. The van der Waals surface area contributed by atoms with Gasteiger partial charge in [-0.05, 0) is 55.0 Å². The number of benzene rings is 2. The summed E-state index contributed by atoms with van der Waals surface area (Å²) in [4.78, 5) is 25.5. The molecule has 0 bridgehead atoms. The molecule has 2 rings (SSSR count). The zero-order valence-electron chi connectivity index (χ0n) is 16.1. The lowest BCUT2D eigenvalue weighted by atomic mass is 10.2. The Balaban J connectivity index is 1.93. The molecule has 7 heteroatoms. The van der Waals surface area contributed by atoms with Crippen molar-refractivity contribution in [2.45, 2.75) is 6.92 Å². The van der Waals surface area contributed by atoms with Crippen LogP contribution in [0.1, 0.15) is 12.5 Å². The molecule has 0 aliphatic heterocycles. The lowest BCUT2D eigenvalue weighted by Gasteiger charge is -2.15. The fraction of sp³-hybridized carbons (Fsp3) is 0.238. The number of ether oxygens (including phenoxy) is 2. The van der Waals surface area contributed by atoms with Gasteiger partial charge in [0, 0.05) is 18.8 Å². The number of amides is 2. The van der Waals surface area contributed by atoms with Gasteiger partial charge in [0.1, 0.15) is 5.82 Å². The van der Waals surface area contributed by atoms with Crippen LogP contribution >= 0.6 is 0 Å². The predicted octanol–water partition coefficient (Wildman–Crippen LogP) is 3.34. The number of nitrogens with one attached hydrogen (secondary N) is 1. The van der Waals surface area contributed by atoms with E-state index in [1.165, 1.54) is 42.3 Å². The number of carbonyl (C=O) groups is 2. The molecule has 0 fully saturated rings. The summed E-state index contributed by atoms with van der Waals surface area (Å²) in [5, 5.41) is 2.61. The second kappa shape index (κ2) is 10.1. The van der Waals surface area contributed by atoms with Gasteiger partial charge in [-0.3, -0.25) is 9.59 Å². The molecule has 6 nitrogen and oxygen atoms in total. The maximum Gasteiger partial charge on any atom is 0.246 e. The van der Waals surface area contributed by atoms with Crippen LogP contribution in [0.3, 0.4) is 0 Å². The van der Waals surface area contributed by atoms with E-state index in [1.807, 2.05) is 6.92 Å². The third-order valence-electron chi connectivity index (χ3n) is 3.79. The average molecular weight is 386 g/mol. The molecule has 0 aliphatic rings. The molecule has 0 saturated carbocycles. The molecular formula is C21H23FN2O4. The first-order valence-corrected chi connectivity index (χ1v) is 8.72. The van der Waals surface area contributed by atoms with Crippen molar-refractivity contribution in [3.8, 4) is 11.5 Å². The SMILES string of the molecule is CCOc1ccc(/C=C/C(=O)N(C)CC(=O)Nc2ccc(F)cc2)cc1OC. The van der Waals surface area contributed by atoms with Crippen LogP contribution in [0.2, 0.25) is 0 Å². The van der Waals surface area contributed by atoms with E-state index in [-0.39, 0.29) is 24.2 Å². The fourth-order valence-corrected chi connectivity index (χ4v) is 2.38. The Bertz CT molecular complexity index is 850. The fourth-order valence-electron chi connectivity index (χ4n) is 2.38. The van der Waals surface area contributed by atoms with Crippen molar-refractivity contribution in [1.29, 1.82) is 0 Å². The minimum absolute atomic E-state index is 0.132. The molecule has 0 aliphatic carbocycles. The Morgan fingerprint density at radius 1 is 1.14 bits per heavy atom. The van der Waals surface area contributed by atoms with Crippen LogP contribution in [-0.2, 0) is 9.59 Å². The van der Waals surface area contributed by atoms with Gasteiger partial charge in [-0.1, -0.05) is 6.07 Å². The number of rotatable bonds is 8. The zero-order valence-corrected chi connectivity index (χ0v) is 16.1. The molecular weight excluding hydrogens is 363 g/mol. The van der Waals surface area contributed by atoms with E-state index in [0.717, 1.165) is 5.56 Å². The minimum atomic E-state index is -0.388. The highest BCUT2D eigenvalue weighted by Gasteiger charge is 2.11. The predicted molar refractivity (Wildman–Crippen MR) is 106 cm³/mol. The highest BCUT2D eigenvalue weighted by atomic mass is 19.1. The molecule has 2 amide bonds. The van der Waals surface area contributed by atoms with Gasteiger partial charge in [0.25, 0.3) is 0 Å². The molecule has 0 radical (unpaired) electrons.